The molecule has 0 spiro atoms. The van der Waals surface area contributed by atoms with Crippen LogP contribution in [0.2, 0.25) is 5.02 Å². The number of amides is 2. The molecule has 2 fully saturated rings. The van der Waals surface area contributed by atoms with Gasteiger partial charge in [0.15, 0.2) is 17.3 Å². The normalized spacial score (nSPS) is 19.8. The third kappa shape index (κ3) is 6.30. The minimum Gasteiger partial charge on any atom is -0.396 e. The number of carbonyl (C=O) groups excluding carboxylic acids is 2. The monoisotopic (exact) mass is 614 g/mol. The van der Waals surface area contributed by atoms with Crippen molar-refractivity contribution in [1.29, 1.82) is 0 Å². The van der Waals surface area contributed by atoms with Crippen LogP contribution in [0, 0.1) is 18.6 Å². The Morgan fingerprint density at radius 1 is 1.02 bits per heavy atom. The quantitative estimate of drug-likeness (QED) is 0.337. The van der Waals surface area contributed by atoms with Crippen molar-refractivity contribution in [1.82, 2.24) is 25.2 Å². The second-order valence-corrected chi connectivity index (χ2v) is 12.0. The number of halogens is 3. The molecule has 2 aliphatic rings. The highest BCUT2D eigenvalue weighted by Gasteiger charge is 2.30. The number of benzene rings is 2. The molecule has 1 aromatic heterocycles. The summed E-state index contributed by atoms with van der Waals surface area (Å²) >= 11 is 6.34. The number of carbonyl (C=O) groups is 2. The van der Waals surface area contributed by atoms with Gasteiger partial charge >= 0.3 is 0 Å². The smallest absolute Gasteiger partial charge is 0.273 e. The van der Waals surface area contributed by atoms with Crippen molar-refractivity contribution in [3.63, 3.8) is 0 Å². The molecule has 0 bridgehead atoms. The third-order valence-corrected chi connectivity index (χ3v) is 9.11. The SMILES string of the molecule is Cc1c(F)c(N)cc(C(=O)Nc2cc(-n3cc(C(=O)NC4CCCCC4)nn3)c(F)cc2N2C[C@@H](C)N(C)[C@@H](C)C2)c1Cl. The van der Waals surface area contributed by atoms with E-state index in [1.165, 1.54) is 36.0 Å². The van der Waals surface area contributed by atoms with E-state index in [1.807, 2.05) is 11.9 Å². The van der Waals surface area contributed by atoms with Crippen LogP contribution in [0.3, 0.4) is 0 Å². The van der Waals surface area contributed by atoms with E-state index < -0.39 is 17.5 Å². The number of likely N-dealkylation sites (N-methyl/N-ethyl adjacent to an activating group) is 1. The summed E-state index contributed by atoms with van der Waals surface area (Å²) in [6.07, 6.45) is 6.46. The molecule has 1 saturated heterocycles. The second kappa shape index (κ2) is 12.5. The van der Waals surface area contributed by atoms with E-state index in [4.69, 9.17) is 17.3 Å². The van der Waals surface area contributed by atoms with Gasteiger partial charge in [0.25, 0.3) is 11.8 Å². The standard InChI is InChI=1S/C30H37ClF2N8O2/c1-16-13-40(14-17(2)39(16)4)26-11-21(32)25(41-15-24(37-38-41)30(43)35-19-8-6-5-7-9-19)12-23(26)36-29(42)20-10-22(34)28(33)18(3)27(20)31/h10-12,15-17,19H,5-9,13-14,34H2,1-4H3,(H,35,43)(H,36,42)/t16-,17+. The summed E-state index contributed by atoms with van der Waals surface area (Å²) in [5.41, 5.74) is 6.40. The highest BCUT2D eigenvalue weighted by Crippen LogP contribution is 2.35. The average Bonchev–Trinajstić information content (AvgIpc) is 3.48. The number of anilines is 3. The zero-order chi connectivity index (χ0) is 31.0. The van der Waals surface area contributed by atoms with Gasteiger partial charge in [0.1, 0.15) is 5.69 Å². The molecular weight excluding hydrogens is 578 g/mol. The van der Waals surface area contributed by atoms with Crippen molar-refractivity contribution in [2.24, 2.45) is 0 Å². The summed E-state index contributed by atoms with van der Waals surface area (Å²) in [5.74, 6) is -2.32. The maximum atomic E-state index is 15.8. The molecule has 0 unspecified atom stereocenters. The Morgan fingerprint density at radius 2 is 1.70 bits per heavy atom. The minimum absolute atomic E-state index is 0.0145. The van der Waals surface area contributed by atoms with E-state index in [0.29, 0.717) is 18.8 Å². The molecule has 10 nitrogen and oxygen atoms in total. The summed E-state index contributed by atoms with van der Waals surface area (Å²) in [6.45, 7) is 6.75. The van der Waals surface area contributed by atoms with Crippen molar-refractivity contribution in [2.45, 2.75) is 71.0 Å². The molecule has 3 aromatic rings. The van der Waals surface area contributed by atoms with Gasteiger partial charge in [-0.05, 0) is 52.8 Å². The summed E-state index contributed by atoms with van der Waals surface area (Å²) in [6, 6.07) is 4.35. The number of piperazine rings is 1. The lowest BCUT2D eigenvalue weighted by Gasteiger charge is -2.44. The van der Waals surface area contributed by atoms with Gasteiger partial charge in [-0.2, -0.15) is 0 Å². The van der Waals surface area contributed by atoms with Crippen LogP contribution in [0.25, 0.3) is 5.69 Å². The molecule has 4 N–H and O–H groups in total. The molecule has 2 amide bonds. The summed E-state index contributed by atoms with van der Waals surface area (Å²) in [7, 11) is 2.04. The molecule has 43 heavy (non-hydrogen) atoms. The van der Waals surface area contributed by atoms with Crippen LogP contribution in [0.1, 0.15) is 72.4 Å². The number of aromatic nitrogens is 3. The molecule has 2 aromatic carbocycles. The van der Waals surface area contributed by atoms with Crippen molar-refractivity contribution >= 4 is 40.5 Å². The summed E-state index contributed by atoms with van der Waals surface area (Å²) < 4.78 is 31.3. The zero-order valence-electron chi connectivity index (χ0n) is 24.8. The number of nitrogens with one attached hydrogen (secondary N) is 2. The Kier molecular flexibility index (Phi) is 8.89. The van der Waals surface area contributed by atoms with Gasteiger partial charge in [-0.15, -0.1) is 5.10 Å². The molecule has 13 heteroatoms. The second-order valence-electron chi connectivity index (χ2n) is 11.7. The molecule has 1 saturated carbocycles. The van der Waals surface area contributed by atoms with E-state index in [1.54, 1.807) is 0 Å². The highest BCUT2D eigenvalue weighted by molar-refractivity contribution is 6.35. The number of nitrogens with zero attached hydrogens (tertiary/aromatic N) is 5. The Balaban J connectivity index is 1.50. The van der Waals surface area contributed by atoms with Crippen LogP contribution in [0.4, 0.5) is 25.8 Å². The molecule has 1 aliphatic carbocycles. The highest BCUT2D eigenvalue weighted by atomic mass is 35.5. The summed E-state index contributed by atoms with van der Waals surface area (Å²) in [4.78, 5) is 30.6. The van der Waals surface area contributed by atoms with Gasteiger partial charge in [-0.25, -0.2) is 13.5 Å². The maximum Gasteiger partial charge on any atom is 0.273 e. The average molecular weight is 615 g/mol. The predicted octanol–water partition coefficient (Wildman–Crippen LogP) is 4.93. The van der Waals surface area contributed by atoms with Crippen LogP contribution in [-0.4, -0.2) is 70.0 Å². The fraction of sp³-hybridized carbons (Fsp3) is 0.467. The lowest BCUT2D eigenvalue weighted by Crippen LogP contribution is -2.55. The van der Waals surface area contributed by atoms with Crippen molar-refractivity contribution in [3.8, 4) is 5.69 Å². The lowest BCUT2D eigenvalue weighted by atomic mass is 9.95. The van der Waals surface area contributed by atoms with Gasteiger partial charge in [0.05, 0.1) is 33.8 Å². The lowest BCUT2D eigenvalue weighted by molar-refractivity contribution is 0.0922. The number of nitrogens with two attached hydrogens (primary N) is 1. The Bertz CT molecular complexity index is 1530. The predicted molar refractivity (Wildman–Crippen MR) is 163 cm³/mol. The molecular formula is C30H37ClF2N8O2. The molecule has 1 aliphatic heterocycles. The number of hydrogen-bond donors (Lipinski definition) is 3. The minimum atomic E-state index is -0.693. The molecule has 0 radical (unpaired) electrons. The van der Waals surface area contributed by atoms with Crippen molar-refractivity contribution in [3.05, 3.63) is 57.9 Å². The largest absolute Gasteiger partial charge is 0.396 e. The summed E-state index contributed by atoms with van der Waals surface area (Å²) in [5, 5.41) is 13.8. The van der Waals surface area contributed by atoms with Gasteiger partial charge < -0.3 is 21.3 Å². The fourth-order valence-corrected chi connectivity index (χ4v) is 6.06. The Labute approximate surface area is 254 Å². The number of hydrogen-bond acceptors (Lipinski definition) is 7. The zero-order valence-corrected chi connectivity index (χ0v) is 25.5. The molecule has 2 atom stereocenters. The third-order valence-electron chi connectivity index (χ3n) is 8.62. The Hall–Kier alpha value is -3.77. The van der Waals surface area contributed by atoms with Gasteiger partial charge in [0, 0.05) is 42.8 Å². The first-order chi connectivity index (χ1) is 20.4. The van der Waals surface area contributed by atoms with E-state index >= 15 is 4.39 Å². The van der Waals surface area contributed by atoms with Crippen molar-refractivity contribution < 1.29 is 18.4 Å². The maximum absolute atomic E-state index is 15.8. The van der Waals surface area contributed by atoms with E-state index in [2.05, 4.69) is 39.7 Å². The van der Waals surface area contributed by atoms with Gasteiger partial charge in [-0.1, -0.05) is 36.1 Å². The molecule has 230 valence electrons. The van der Waals surface area contributed by atoms with Gasteiger partial charge in [-0.3, -0.25) is 14.5 Å². The van der Waals surface area contributed by atoms with Gasteiger partial charge in [0.2, 0.25) is 0 Å². The first kappa shape index (κ1) is 30.7. The van der Waals surface area contributed by atoms with Crippen molar-refractivity contribution in [2.75, 3.05) is 36.1 Å². The van der Waals surface area contributed by atoms with Crippen LogP contribution < -0.4 is 21.3 Å². The number of nitrogen functional groups attached to an aromatic ring is 1. The van der Waals surface area contributed by atoms with Crippen LogP contribution in [0.15, 0.2) is 24.4 Å². The molecule has 2 heterocycles. The van der Waals surface area contributed by atoms with E-state index in [0.717, 1.165) is 32.1 Å². The van der Waals surface area contributed by atoms with E-state index in [9.17, 15) is 14.0 Å². The number of rotatable bonds is 6. The first-order valence-corrected chi connectivity index (χ1v) is 14.9. The van der Waals surface area contributed by atoms with Crippen LogP contribution in [0.5, 0.6) is 0 Å². The van der Waals surface area contributed by atoms with E-state index in [-0.39, 0.29) is 62.9 Å². The topological polar surface area (TPSA) is 121 Å². The Morgan fingerprint density at radius 3 is 2.37 bits per heavy atom. The molecule has 5 rings (SSSR count). The fourth-order valence-electron chi connectivity index (χ4n) is 5.83. The van der Waals surface area contributed by atoms with Crippen LogP contribution in [-0.2, 0) is 0 Å². The van der Waals surface area contributed by atoms with Crippen LogP contribution >= 0.6 is 11.6 Å². The first-order valence-electron chi connectivity index (χ1n) is 14.5.